The molecule has 4 rings (SSSR count). The number of hydrogen-bond acceptors (Lipinski definition) is 0. The van der Waals surface area contributed by atoms with E-state index in [1.165, 1.54) is 33.4 Å². The number of allylic oxidation sites excluding steroid dienone is 4. The first-order chi connectivity index (χ1) is 12.7. The second-order valence-electron chi connectivity index (χ2n) is 6.93. The van der Waals surface area contributed by atoms with E-state index in [-0.39, 0.29) is 64.4 Å². The van der Waals surface area contributed by atoms with Crippen molar-refractivity contribution in [2.75, 3.05) is 0 Å². The summed E-state index contributed by atoms with van der Waals surface area (Å²) in [4.78, 5) is 0. The predicted octanol–water partition coefficient (Wildman–Crippen LogP) is -2.50. The van der Waals surface area contributed by atoms with Crippen molar-refractivity contribution in [1.82, 2.24) is 0 Å². The Morgan fingerprint density at radius 1 is 0.600 bits per heavy atom. The van der Waals surface area contributed by atoms with E-state index in [4.69, 9.17) is 0 Å². The molecular formula is C26H23Cl3Ti. The maximum Gasteiger partial charge on any atom is 4.00 e. The fourth-order valence-corrected chi connectivity index (χ4v) is 4.21. The fraction of sp³-hybridized carbons (Fsp3) is 0.154. The van der Waals surface area contributed by atoms with Crippen LogP contribution in [0, 0.1) is 6.08 Å². The molecule has 0 fully saturated rings. The van der Waals surface area contributed by atoms with E-state index < -0.39 is 0 Å². The molecule has 152 valence electrons. The van der Waals surface area contributed by atoms with Gasteiger partial charge in [0.25, 0.3) is 0 Å². The van der Waals surface area contributed by atoms with Crippen molar-refractivity contribution in [3.63, 3.8) is 0 Å². The van der Waals surface area contributed by atoms with Gasteiger partial charge in [-0.15, -0.1) is 18.9 Å². The predicted molar refractivity (Wildman–Crippen MR) is 109 cm³/mol. The van der Waals surface area contributed by atoms with Crippen molar-refractivity contribution in [3.8, 4) is 0 Å². The molecule has 0 aromatic heterocycles. The maximum absolute atomic E-state index is 3.58. The molecule has 0 amide bonds. The van der Waals surface area contributed by atoms with Crippen molar-refractivity contribution in [3.05, 3.63) is 130 Å². The average Bonchev–Trinajstić information content (AvgIpc) is 3.04. The molecule has 0 unspecified atom stereocenters. The minimum Gasteiger partial charge on any atom is -1.00 e. The van der Waals surface area contributed by atoms with Gasteiger partial charge in [-0.1, -0.05) is 97.9 Å². The van der Waals surface area contributed by atoms with Gasteiger partial charge >= 0.3 is 21.7 Å². The van der Waals surface area contributed by atoms with E-state index in [0.717, 1.165) is 6.42 Å². The van der Waals surface area contributed by atoms with Crippen LogP contribution in [0.15, 0.2) is 108 Å². The van der Waals surface area contributed by atoms with Crippen LogP contribution in [0.5, 0.6) is 0 Å². The zero-order valence-electron chi connectivity index (χ0n) is 17.0. The molecule has 0 spiro atoms. The Kier molecular flexibility index (Phi) is 12.0. The topological polar surface area (TPSA) is 0 Å². The minimum absolute atomic E-state index is 0. The summed E-state index contributed by atoms with van der Waals surface area (Å²) in [6.07, 6.45) is 4.45. The Balaban J connectivity index is 0.00000210. The quantitative estimate of drug-likeness (QED) is 0.216. The largest absolute Gasteiger partial charge is 4.00 e. The molecule has 0 bridgehead atoms. The molecule has 0 saturated heterocycles. The Morgan fingerprint density at radius 3 is 1.20 bits per heavy atom. The molecule has 4 heteroatoms. The summed E-state index contributed by atoms with van der Waals surface area (Å²) in [5.74, 6) is 0. The van der Waals surface area contributed by atoms with Gasteiger partial charge in [0.05, 0.1) is 0 Å². The Morgan fingerprint density at radius 2 is 0.933 bits per heavy atom. The van der Waals surface area contributed by atoms with Crippen molar-refractivity contribution in [1.29, 1.82) is 0 Å². The molecule has 0 saturated carbocycles. The van der Waals surface area contributed by atoms with Gasteiger partial charge in [0.1, 0.15) is 0 Å². The minimum atomic E-state index is -0.293. The Labute approximate surface area is 214 Å². The van der Waals surface area contributed by atoms with Crippen molar-refractivity contribution >= 4 is 0 Å². The molecule has 0 atom stereocenters. The zero-order chi connectivity index (χ0) is 18.0. The van der Waals surface area contributed by atoms with Crippen LogP contribution in [0.4, 0.5) is 0 Å². The van der Waals surface area contributed by atoms with E-state index >= 15 is 0 Å². The number of halogens is 3. The maximum atomic E-state index is 3.58. The summed E-state index contributed by atoms with van der Waals surface area (Å²) in [6.45, 7) is 4.42. The summed E-state index contributed by atoms with van der Waals surface area (Å²) in [7, 11) is 0. The third kappa shape index (κ3) is 4.96. The first kappa shape index (κ1) is 28.7. The molecule has 0 nitrogen and oxygen atoms in total. The van der Waals surface area contributed by atoms with Crippen molar-refractivity contribution in [2.45, 2.75) is 25.7 Å². The van der Waals surface area contributed by atoms with Gasteiger partial charge in [0, 0.05) is 5.41 Å². The molecule has 0 N–H and O–H groups in total. The summed E-state index contributed by atoms with van der Waals surface area (Å²) in [5.41, 5.74) is 7.70. The van der Waals surface area contributed by atoms with Crippen LogP contribution < -0.4 is 37.2 Å². The molecular weight excluding hydrogens is 467 g/mol. The number of benzene rings is 3. The number of hydrogen-bond donors (Lipinski definition) is 0. The van der Waals surface area contributed by atoms with Crippen molar-refractivity contribution in [2.24, 2.45) is 0 Å². The molecule has 1 aliphatic rings. The third-order valence-electron chi connectivity index (χ3n) is 5.62. The standard InChI is InChI=1S/C26H23.3ClH.Ti/c1-20-18-19-25(21(20)2)26(22-12-6-3-7-13-22,23-14-8-4-9-15-23)24-16-10-5-11-17-24;;;;/h3-17H,19H2,1-2H3;3*1H;/q-1;;;;+4/p-3. The molecule has 0 aliphatic heterocycles. The Hall–Kier alpha value is -1.28. The van der Waals surface area contributed by atoms with E-state index in [2.05, 4.69) is 111 Å². The van der Waals surface area contributed by atoms with Crippen LogP contribution in [0.3, 0.4) is 0 Å². The smallest absolute Gasteiger partial charge is 1.00 e. The summed E-state index contributed by atoms with van der Waals surface area (Å²) < 4.78 is 0. The first-order valence-electron chi connectivity index (χ1n) is 9.19. The van der Waals surface area contributed by atoms with Crippen LogP contribution in [-0.2, 0) is 27.1 Å². The van der Waals surface area contributed by atoms with Crippen molar-refractivity contribution < 1.29 is 58.9 Å². The molecule has 30 heavy (non-hydrogen) atoms. The fourth-order valence-electron chi connectivity index (χ4n) is 4.21. The molecule has 3 aromatic carbocycles. The van der Waals surface area contributed by atoms with E-state index in [1.54, 1.807) is 0 Å². The summed E-state index contributed by atoms with van der Waals surface area (Å²) >= 11 is 0. The van der Waals surface area contributed by atoms with Crippen LogP contribution in [-0.4, -0.2) is 0 Å². The van der Waals surface area contributed by atoms with Gasteiger partial charge in [-0.2, -0.15) is 5.57 Å². The van der Waals surface area contributed by atoms with Crippen LogP contribution in [0.25, 0.3) is 0 Å². The molecule has 1 aliphatic carbocycles. The van der Waals surface area contributed by atoms with Crippen LogP contribution >= 0.6 is 0 Å². The van der Waals surface area contributed by atoms with Crippen LogP contribution in [0.2, 0.25) is 0 Å². The SMILES string of the molecule is CC1=[C-]CC(C(c2ccccc2)(c2ccccc2)c2ccccc2)=C1C.[Cl-].[Cl-].[Cl-].[Ti+4]. The van der Waals surface area contributed by atoms with Gasteiger partial charge in [-0.3, -0.25) is 6.08 Å². The van der Waals surface area contributed by atoms with E-state index in [0.29, 0.717) is 0 Å². The normalized spacial score (nSPS) is 12.5. The monoisotopic (exact) mass is 488 g/mol. The second kappa shape index (κ2) is 12.5. The molecule has 0 heterocycles. The molecule has 3 aromatic rings. The zero-order valence-corrected chi connectivity index (χ0v) is 20.8. The Bertz CT molecular complexity index is 868. The second-order valence-corrected chi connectivity index (χ2v) is 6.93. The van der Waals surface area contributed by atoms with Gasteiger partial charge < -0.3 is 37.2 Å². The average molecular weight is 490 g/mol. The number of rotatable bonds is 4. The van der Waals surface area contributed by atoms with E-state index in [9.17, 15) is 0 Å². The summed E-state index contributed by atoms with van der Waals surface area (Å²) in [6, 6.07) is 32.7. The van der Waals surface area contributed by atoms with E-state index in [1.807, 2.05) is 0 Å². The van der Waals surface area contributed by atoms with Gasteiger partial charge in [-0.05, 0) is 16.7 Å². The van der Waals surface area contributed by atoms with Crippen LogP contribution in [0.1, 0.15) is 37.0 Å². The van der Waals surface area contributed by atoms with Gasteiger partial charge in [0.15, 0.2) is 0 Å². The van der Waals surface area contributed by atoms with Gasteiger partial charge in [-0.25, -0.2) is 5.57 Å². The van der Waals surface area contributed by atoms with Gasteiger partial charge in [0.2, 0.25) is 0 Å². The third-order valence-corrected chi connectivity index (χ3v) is 5.62. The summed E-state index contributed by atoms with van der Waals surface area (Å²) in [5, 5.41) is 0. The molecule has 0 radical (unpaired) electrons. The first-order valence-corrected chi connectivity index (χ1v) is 9.19.